The van der Waals surface area contributed by atoms with Crippen LogP contribution in [0.2, 0.25) is 0 Å². The zero-order valence-corrected chi connectivity index (χ0v) is 11.3. The van der Waals surface area contributed by atoms with Gasteiger partial charge in [0.15, 0.2) is 5.13 Å². The van der Waals surface area contributed by atoms with E-state index in [2.05, 4.69) is 17.2 Å². The van der Waals surface area contributed by atoms with Gasteiger partial charge in [-0.15, -0.1) is 0 Å². The van der Waals surface area contributed by atoms with E-state index in [4.69, 9.17) is 4.74 Å². The van der Waals surface area contributed by atoms with E-state index in [1.807, 2.05) is 0 Å². The minimum Gasteiger partial charge on any atom is -0.488 e. The Hall–Kier alpha value is -1.69. The third-order valence-corrected chi connectivity index (χ3v) is 3.23. The fourth-order valence-electron chi connectivity index (χ4n) is 1.45. The van der Waals surface area contributed by atoms with E-state index in [-0.39, 0.29) is 12.4 Å². The van der Waals surface area contributed by atoms with Crippen molar-refractivity contribution in [2.45, 2.75) is 20.0 Å². The predicted molar refractivity (Wildman–Crippen MR) is 71.6 cm³/mol. The van der Waals surface area contributed by atoms with Gasteiger partial charge in [0.2, 0.25) is 0 Å². The lowest BCUT2D eigenvalue weighted by Gasteiger charge is -2.04. The maximum Gasteiger partial charge on any atom is 0.182 e. The molecule has 0 saturated carbocycles. The summed E-state index contributed by atoms with van der Waals surface area (Å²) in [6, 6.07) is 3.12. The van der Waals surface area contributed by atoms with Gasteiger partial charge in [0, 0.05) is 30.9 Å². The number of halogens is 2. The van der Waals surface area contributed by atoms with Crippen molar-refractivity contribution in [1.82, 2.24) is 4.98 Å². The molecule has 0 aliphatic carbocycles. The summed E-state index contributed by atoms with van der Waals surface area (Å²) in [4.78, 5) is 5.07. The Labute approximate surface area is 114 Å². The van der Waals surface area contributed by atoms with Crippen molar-refractivity contribution in [3.05, 3.63) is 40.9 Å². The second-order valence-electron chi connectivity index (χ2n) is 3.95. The molecular weight excluding hydrogens is 270 g/mol. The fourth-order valence-corrected chi connectivity index (χ4v) is 2.21. The van der Waals surface area contributed by atoms with Crippen LogP contribution >= 0.6 is 11.3 Å². The summed E-state index contributed by atoms with van der Waals surface area (Å²) in [6.07, 6.45) is 2.71. The first-order chi connectivity index (χ1) is 9.17. The molecule has 1 aromatic carbocycles. The fraction of sp³-hybridized carbons (Fsp3) is 0.308. The average Bonchev–Trinajstić information content (AvgIpc) is 2.81. The van der Waals surface area contributed by atoms with Gasteiger partial charge >= 0.3 is 0 Å². The van der Waals surface area contributed by atoms with E-state index in [0.29, 0.717) is 0 Å². The molecule has 0 spiro atoms. The first kappa shape index (κ1) is 13.7. The number of nitrogens with zero attached hydrogens (tertiary/aromatic N) is 1. The Morgan fingerprint density at radius 1 is 1.26 bits per heavy atom. The topological polar surface area (TPSA) is 34.2 Å². The van der Waals surface area contributed by atoms with Gasteiger partial charge in [0.25, 0.3) is 0 Å². The molecule has 0 radical (unpaired) electrons. The molecule has 1 N–H and O–H groups in total. The molecule has 0 aliphatic rings. The lowest BCUT2D eigenvalue weighted by atomic mass is 10.3. The highest BCUT2D eigenvalue weighted by molar-refractivity contribution is 7.15. The Bertz CT molecular complexity index is 525. The number of ether oxygens (including phenoxy) is 1. The number of aromatic nitrogens is 1. The predicted octanol–water partition coefficient (Wildman–Crippen LogP) is 3.82. The van der Waals surface area contributed by atoms with E-state index in [1.165, 1.54) is 11.3 Å². The number of nitrogens with one attached hydrogen (secondary N) is 1. The van der Waals surface area contributed by atoms with Crippen LogP contribution in [0.3, 0.4) is 0 Å². The zero-order valence-electron chi connectivity index (χ0n) is 10.5. The molecule has 0 unspecified atom stereocenters. The number of anilines is 1. The number of thiazole rings is 1. The molecular formula is C13H14F2N2OS. The highest BCUT2D eigenvalue weighted by Crippen LogP contribution is 2.21. The van der Waals surface area contributed by atoms with Crippen molar-refractivity contribution in [2.75, 3.05) is 11.9 Å². The summed E-state index contributed by atoms with van der Waals surface area (Å²) in [5.41, 5.74) is 0. The van der Waals surface area contributed by atoms with Crippen LogP contribution < -0.4 is 10.1 Å². The van der Waals surface area contributed by atoms with Gasteiger partial charge in [0.1, 0.15) is 24.0 Å². The molecule has 2 rings (SSSR count). The van der Waals surface area contributed by atoms with E-state index in [0.717, 1.165) is 41.2 Å². The largest absolute Gasteiger partial charge is 0.488 e. The van der Waals surface area contributed by atoms with Gasteiger partial charge in [-0.05, 0) is 6.42 Å². The molecule has 6 heteroatoms. The molecule has 19 heavy (non-hydrogen) atoms. The minimum atomic E-state index is -0.649. The summed E-state index contributed by atoms with van der Waals surface area (Å²) in [5.74, 6) is -1.12. The standard InChI is InChI=1S/C13H14F2N2OS/c1-2-3-16-13-17-7-12(19-13)8-18-11-5-9(14)4-10(15)6-11/h4-7H,2-3,8H2,1H3,(H,16,17). The van der Waals surface area contributed by atoms with Gasteiger partial charge in [-0.2, -0.15) is 0 Å². The van der Waals surface area contributed by atoms with Crippen molar-refractivity contribution in [2.24, 2.45) is 0 Å². The Morgan fingerprint density at radius 3 is 2.68 bits per heavy atom. The molecule has 0 bridgehead atoms. The van der Waals surface area contributed by atoms with Crippen molar-refractivity contribution < 1.29 is 13.5 Å². The van der Waals surface area contributed by atoms with Crippen LogP contribution in [0.25, 0.3) is 0 Å². The molecule has 2 aromatic rings. The second-order valence-corrected chi connectivity index (χ2v) is 5.07. The van der Waals surface area contributed by atoms with E-state index >= 15 is 0 Å². The van der Waals surface area contributed by atoms with Crippen LogP contribution in [0.1, 0.15) is 18.2 Å². The van der Waals surface area contributed by atoms with Crippen LogP contribution in [-0.4, -0.2) is 11.5 Å². The van der Waals surface area contributed by atoms with Crippen LogP contribution in [0.4, 0.5) is 13.9 Å². The number of hydrogen-bond acceptors (Lipinski definition) is 4. The normalized spacial score (nSPS) is 10.5. The van der Waals surface area contributed by atoms with Crippen LogP contribution in [-0.2, 0) is 6.61 Å². The summed E-state index contributed by atoms with van der Waals surface area (Å²) in [5, 5.41) is 3.99. The van der Waals surface area contributed by atoms with Crippen molar-refractivity contribution >= 4 is 16.5 Å². The summed E-state index contributed by atoms with van der Waals surface area (Å²) in [7, 11) is 0. The first-order valence-electron chi connectivity index (χ1n) is 5.95. The smallest absolute Gasteiger partial charge is 0.182 e. The second kappa shape index (κ2) is 6.47. The summed E-state index contributed by atoms with van der Waals surface area (Å²) >= 11 is 1.47. The van der Waals surface area contributed by atoms with Crippen molar-refractivity contribution in [3.8, 4) is 5.75 Å². The summed E-state index contributed by atoms with van der Waals surface area (Å²) in [6.45, 7) is 3.18. The first-order valence-corrected chi connectivity index (χ1v) is 6.76. The Balaban J connectivity index is 1.92. The number of benzene rings is 1. The quantitative estimate of drug-likeness (QED) is 0.875. The van der Waals surface area contributed by atoms with Gasteiger partial charge in [-0.1, -0.05) is 18.3 Å². The van der Waals surface area contributed by atoms with E-state index < -0.39 is 11.6 Å². The highest BCUT2D eigenvalue weighted by Gasteiger charge is 2.05. The molecule has 0 atom stereocenters. The summed E-state index contributed by atoms with van der Waals surface area (Å²) < 4.78 is 31.2. The SMILES string of the molecule is CCCNc1ncc(COc2cc(F)cc(F)c2)s1. The Morgan fingerprint density at radius 2 is 2.00 bits per heavy atom. The molecule has 0 aliphatic heterocycles. The van der Waals surface area contributed by atoms with Gasteiger partial charge in [-0.3, -0.25) is 0 Å². The number of rotatable bonds is 6. The van der Waals surface area contributed by atoms with Crippen LogP contribution in [0, 0.1) is 11.6 Å². The average molecular weight is 284 g/mol. The van der Waals surface area contributed by atoms with Gasteiger partial charge in [0.05, 0.1) is 4.88 Å². The molecule has 0 saturated heterocycles. The van der Waals surface area contributed by atoms with Crippen LogP contribution in [0.15, 0.2) is 24.4 Å². The van der Waals surface area contributed by atoms with E-state index in [9.17, 15) is 8.78 Å². The maximum atomic E-state index is 13.0. The monoisotopic (exact) mass is 284 g/mol. The van der Waals surface area contributed by atoms with E-state index in [1.54, 1.807) is 6.20 Å². The Kier molecular flexibility index (Phi) is 4.68. The molecule has 0 amide bonds. The third kappa shape index (κ3) is 4.17. The minimum absolute atomic E-state index is 0.175. The lowest BCUT2D eigenvalue weighted by Crippen LogP contribution is -1.98. The van der Waals surface area contributed by atoms with Gasteiger partial charge in [-0.25, -0.2) is 13.8 Å². The zero-order chi connectivity index (χ0) is 13.7. The van der Waals surface area contributed by atoms with Crippen molar-refractivity contribution in [1.29, 1.82) is 0 Å². The maximum absolute atomic E-state index is 13.0. The molecule has 0 fully saturated rings. The third-order valence-electron chi connectivity index (χ3n) is 2.30. The van der Waals surface area contributed by atoms with Gasteiger partial charge < -0.3 is 10.1 Å². The van der Waals surface area contributed by atoms with Crippen LogP contribution in [0.5, 0.6) is 5.75 Å². The molecule has 102 valence electrons. The van der Waals surface area contributed by atoms with Crippen molar-refractivity contribution in [3.63, 3.8) is 0 Å². The molecule has 1 aromatic heterocycles. The lowest BCUT2D eigenvalue weighted by molar-refractivity contribution is 0.306. The molecule has 3 nitrogen and oxygen atoms in total. The highest BCUT2D eigenvalue weighted by atomic mass is 32.1. The molecule has 1 heterocycles. The number of hydrogen-bond donors (Lipinski definition) is 1.